The van der Waals surface area contributed by atoms with Gasteiger partial charge in [-0.25, -0.2) is 0 Å². The van der Waals surface area contributed by atoms with E-state index in [9.17, 15) is 9.59 Å². The van der Waals surface area contributed by atoms with Crippen LogP contribution in [-0.2, 0) is 38.0 Å². The largest absolute Gasteiger partial charge is 0.465 e. The van der Waals surface area contributed by atoms with Crippen molar-refractivity contribution in [2.75, 3.05) is 66.1 Å². The van der Waals surface area contributed by atoms with Gasteiger partial charge >= 0.3 is 11.9 Å². The molecule has 0 unspecified atom stereocenters. The minimum atomic E-state index is -0.551. The molecule has 0 atom stereocenters. The number of hydrogen-bond acceptors (Lipinski definition) is 8. The summed E-state index contributed by atoms with van der Waals surface area (Å²) in [4.78, 5) is 23.4. The first-order chi connectivity index (χ1) is 17.2. The van der Waals surface area contributed by atoms with Crippen LogP contribution in [0.1, 0.15) is 97.3 Å². The van der Waals surface area contributed by atoms with Crippen LogP contribution in [-0.4, -0.2) is 78.0 Å². The number of unbranched alkanes of at least 4 members (excludes halogenated alkanes) is 8. The Labute approximate surface area is 213 Å². The van der Waals surface area contributed by atoms with E-state index in [0.29, 0.717) is 52.5 Å². The van der Waals surface area contributed by atoms with E-state index in [4.69, 9.17) is 28.4 Å². The molecular formula is C27H52O8. The zero-order chi connectivity index (χ0) is 25.7. The first-order valence-electron chi connectivity index (χ1n) is 13.8. The summed E-state index contributed by atoms with van der Waals surface area (Å²) in [7, 11) is 0. The number of carbonyl (C=O) groups is 2. The molecule has 0 aliphatic heterocycles. The fourth-order valence-corrected chi connectivity index (χ4v) is 3.11. The molecule has 0 heterocycles. The van der Waals surface area contributed by atoms with Gasteiger partial charge in [0, 0.05) is 26.4 Å². The van der Waals surface area contributed by atoms with Gasteiger partial charge in [0.2, 0.25) is 0 Å². The van der Waals surface area contributed by atoms with Gasteiger partial charge in [0.1, 0.15) is 6.42 Å². The van der Waals surface area contributed by atoms with E-state index >= 15 is 0 Å². The van der Waals surface area contributed by atoms with Crippen LogP contribution in [0.25, 0.3) is 0 Å². The Morgan fingerprint density at radius 3 is 1.06 bits per heavy atom. The van der Waals surface area contributed by atoms with Crippen LogP contribution < -0.4 is 0 Å². The summed E-state index contributed by atoms with van der Waals surface area (Å²) in [5.41, 5.74) is 0. The van der Waals surface area contributed by atoms with Crippen LogP contribution in [0.15, 0.2) is 0 Å². The third kappa shape index (κ3) is 28.9. The van der Waals surface area contributed by atoms with E-state index in [1.807, 2.05) is 0 Å². The SMILES string of the molecule is CCCCCCOCCOCCCCOC(=O)CC(=O)OCCCCOCCOCCCCCC. The zero-order valence-corrected chi connectivity index (χ0v) is 22.5. The minimum absolute atomic E-state index is 0.281. The molecule has 0 spiro atoms. The van der Waals surface area contributed by atoms with Crippen molar-refractivity contribution in [3.05, 3.63) is 0 Å². The van der Waals surface area contributed by atoms with Crippen molar-refractivity contribution < 1.29 is 38.0 Å². The van der Waals surface area contributed by atoms with Crippen molar-refractivity contribution in [3.8, 4) is 0 Å². The van der Waals surface area contributed by atoms with Gasteiger partial charge in [0.15, 0.2) is 0 Å². The van der Waals surface area contributed by atoms with Gasteiger partial charge in [-0.15, -0.1) is 0 Å². The Balaban J connectivity index is 3.29. The van der Waals surface area contributed by atoms with Crippen LogP contribution in [0, 0.1) is 0 Å². The fourth-order valence-electron chi connectivity index (χ4n) is 3.11. The van der Waals surface area contributed by atoms with Crippen LogP contribution in [0.2, 0.25) is 0 Å². The highest BCUT2D eigenvalue weighted by Crippen LogP contribution is 2.01. The van der Waals surface area contributed by atoms with Gasteiger partial charge in [-0.05, 0) is 38.5 Å². The van der Waals surface area contributed by atoms with Crippen molar-refractivity contribution in [1.29, 1.82) is 0 Å². The van der Waals surface area contributed by atoms with E-state index in [1.54, 1.807) is 0 Å². The molecule has 0 saturated carbocycles. The van der Waals surface area contributed by atoms with Crippen molar-refractivity contribution in [1.82, 2.24) is 0 Å². The standard InChI is InChI=1S/C27H52O8/c1-3-5-7-9-15-30-21-23-32-17-11-13-19-34-26(28)25-27(29)35-20-14-12-18-33-24-22-31-16-10-8-6-4-2/h3-25H2,1-2H3. The molecule has 8 heteroatoms. The molecule has 0 amide bonds. The summed E-state index contributed by atoms with van der Waals surface area (Å²) < 4.78 is 32.1. The van der Waals surface area contributed by atoms with Crippen LogP contribution >= 0.6 is 0 Å². The van der Waals surface area contributed by atoms with Crippen LogP contribution in [0.4, 0.5) is 0 Å². The smallest absolute Gasteiger partial charge is 0.317 e. The summed E-state index contributed by atoms with van der Waals surface area (Å²) in [5.74, 6) is -1.10. The van der Waals surface area contributed by atoms with E-state index in [-0.39, 0.29) is 19.6 Å². The molecule has 0 aromatic rings. The summed E-state index contributed by atoms with van der Waals surface area (Å²) in [6, 6.07) is 0. The first-order valence-corrected chi connectivity index (χ1v) is 13.8. The Morgan fingerprint density at radius 1 is 0.400 bits per heavy atom. The number of hydrogen-bond donors (Lipinski definition) is 0. The molecule has 0 fully saturated rings. The average molecular weight is 505 g/mol. The van der Waals surface area contributed by atoms with Crippen molar-refractivity contribution in [2.45, 2.75) is 97.3 Å². The molecule has 0 aromatic carbocycles. The van der Waals surface area contributed by atoms with Gasteiger partial charge in [0.05, 0.1) is 39.6 Å². The maximum absolute atomic E-state index is 11.7. The van der Waals surface area contributed by atoms with Crippen molar-refractivity contribution >= 4 is 11.9 Å². The lowest BCUT2D eigenvalue weighted by Crippen LogP contribution is -2.15. The molecule has 0 aromatic heterocycles. The summed E-state index contributed by atoms with van der Waals surface area (Å²) in [6.07, 6.45) is 12.3. The second kappa shape index (κ2) is 29.0. The summed E-state index contributed by atoms with van der Waals surface area (Å²) in [5, 5.41) is 0. The quantitative estimate of drug-likeness (QED) is 0.0811. The molecule has 0 N–H and O–H groups in total. The van der Waals surface area contributed by atoms with E-state index in [1.165, 1.54) is 38.5 Å². The highest BCUT2D eigenvalue weighted by atomic mass is 16.6. The maximum Gasteiger partial charge on any atom is 0.317 e. The number of esters is 2. The van der Waals surface area contributed by atoms with Crippen molar-refractivity contribution in [2.24, 2.45) is 0 Å². The predicted molar refractivity (Wildman–Crippen MR) is 137 cm³/mol. The second-order valence-electron chi connectivity index (χ2n) is 8.60. The van der Waals surface area contributed by atoms with E-state index in [2.05, 4.69) is 13.8 Å². The zero-order valence-electron chi connectivity index (χ0n) is 22.5. The molecule has 0 aliphatic carbocycles. The Bertz CT molecular complexity index is 418. The predicted octanol–water partition coefficient (Wildman–Crippen LogP) is 5.25. The van der Waals surface area contributed by atoms with Gasteiger partial charge in [-0.3, -0.25) is 9.59 Å². The van der Waals surface area contributed by atoms with Crippen LogP contribution in [0.3, 0.4) is 0 Å². The summed E-state index contributed by atoms with van der Waals surface area (Å²) in [6.45, 7) is 10.1. The molecule has 0 rings (SSSR count). The third-order valence-electron chi connectivity index (χ3n) is 5.21. The molecule has 0 saturated heterocycles. The minimum Gasteiger partial charge on any atom is -0.465 e. The monoisotopic (exact) mass is 504 g/mol. The van der Waals surface area contributed by atoms with Crippen LogP contribution in [0.5, 0.6) is 0 Å². The van der Waals surface area contributed by atoms with Gasteiger partial charge in [-0.1, -0.05) is 52.4 Å². The molecule has 0 radical (unpaired) electrons. The lowest BCUT2D eigenvalue weighted by molar-refractivity contribution is -0.154. The normalized spacial score (nSPS) is 11.0. The van der Waals surface area contributed by atoms with Gasteiger partial charge in [0.25, 0.3) is 0 Å². The molecule has 0 aliphatic rings. The Morgan fingerprint density at radius 2 is 0.714 bits per heavy atom. The summed E-state index contributed by atoms with van der Waals surface area (Å²) >= 11 is 0. The lowest BCUT2D eigenvalue weighted by atomic mass is 10.2. The molecule has 208 valence electrons. The maximum atomic E-state index is 11.7. The topological polar surface area (TPSA) is 89.5 Å². The number of rotatable bonds is 28. The first kappa shape index (κ1) is 33.8. The molecular weight excluding hydrogens is 452 g/mol. The Kier molecular flexibility index (Phi) is 28.0. The van der Waals surface area contributed by atoms with E-state index in [0.717, 1.165) is 38.9 Å². The molecule has 8 nitrogen and oxygen atoms in total. The van der Waals surface area contributed by atoms with Gasteiger partial charge < -0.3 is 28.4 Å². The molecule has 35 heavy (non-hydrogen) atoms. The lowest BCUT2D eigenvalue weighted by Gasteiger charge is -2.08. The van der Waals surface area contributed by atoms with Crippen molar-refractivity contribution in [3.63, 3.8) is 0 Å². The third-order valence-corrected chi connectivity index (χ3v) is 5.21. The van der Waals surface area contributed by atoms with Gasteiger partial charge in [-0.2, -0.15) is 0 Å². The highest BCUT2D eigenvalue weighted by Gasteiger charge is 2.11. The Hall–Kier alpha value is -1.22. The second-order valence-corrected chi connectivity index (χ2v) is 8.60. The van der Waals surface area contributed by atoms with E-state index < -0.39 is 11.9 Å². The number of carbonyl (C=O) groups excluding carboxylic acids is 2. The highest BCUT2D eigenvalue weighted by molar-refractivity contribution is 5.91. The number of ether oxygens (including phenoxy) is 6. The fraction of sp³-hybridized carbons (Fsp3) is 0.926. The molecule has 0 bridgehead atoms. The average Bonchev–Trinajstić information content (AvgIpc) is 2.85.